The van der Waals surface area contributed by atoms with Gasteiger partial charge in [0.05, 0.1) is 11.8 Å². The fourth-order valence-electron chi connectivity index (χ4n) is 1.83. The Morgan fingerprint density at radius 3 is 2.72 bits per heavy atom. The summed E-state index contributed by atoms with van der Waals surface area (Å²) in [7, 11) is 2.07. The van der Waals surface area contributed by atoms with Crippen LogP contribution in [0.15, 0.2) is 39.5 Å². The van der Waals surface area contributed by atoms with Crippen LogP contribution in [0.4, 0.5) is 5.69 Å². The number of hydrogen-bond acceptors (Lipinski definition) is 3. The van der Waals surface area contributed by atoms with Crippen molar-refractivity contribution < 1.29 is 5.11 Å². The molecule has 2 rings (SSSR count). The number of halogens is 1. The van der Waals surface area contributed by atoms with Gasteiger partial charge in [-0.05, 0) is 62.9 Å². The Morgan fingerprint density at radius 2 is 2.17 bits per heavy atom. The van der Waals surface area contributed by atoms with E-state index in [2.05, 4.69) is 44.7 Å². The maximum absolute atomic E-state index is 9.55. The lowest BCUT2D eigenvalue weighted by Gasteiger charge is -2.21. The van der Waals surface area contributed by atoms with Gasteiger partial charge < -0.3 is 10.0 Å². The third-order valence-corrected chi connectivity index (χ3v) is 4.23. The summed E-state index contributed by atoms with van der Waals surface area (Å²) in [5.74, 6) is 0. The number of benzene rings is 1. The normalized spacial score (nSPS) is 12.4. The van der Waals surface area contributed by atoms with Crippen molar-refractivity contribution in [3.8, 4) is 0 Å². The lowest BCUT2D eigenvalue weighted by molar-refractivity contribution is 0.199. The van der Waals surface area contributed by atoms with Crippen molar-refractivity contribution in [2.75, 3.05) is 11.9 Å². The van der Waals surface area contributed by atoms with Gasteiger partial charge in [0.25, 0.3) is 0 Å². The second-order valence-electron chi connectivity index (χ2n) is 4.37. The van der Waals surface area contributed by atoms with Gasteiger partial charge in [0.2, 0.25) is 0 Å². The van der Waals surface area contributed by atoms with Crippen LogP contribution >= 0.6 is 27.3 Å². The molecule has 0 radical (unpaired) electrons. The van der Waals surface area contributed by atoms with Crippen LogP contribution in [-0.4, -0.2) is 12.2 Å². The van der Waals surface area contributed by atoms with Crippen molar-refractivity contribution in [3.63, 3.8) is 0 Å². The van der Waals surface area contributed by atoms with Crippen LogP contribution in [0.1, 0.15) is 24.2 Å². The van der Waals surface area contributed by atoms with E-state index < -0.39 is 6.10 Å². The number of aliphatic hydroxyl groups excluding tert-OH is 1. The standard InChI is InChI=1S/C14H16BrNOS/c1-10(17)12-3-4-14(13(15)7-12)16(2)8-11-5-6-18-9-11/h3-7,9-10,17H,8H2,1-2H3/t10-/m0/s1. The first-order chi connectivity index (χ1) is 8.58. The van der Waals surface area contributed by atoms with E-state index in [1.165, 1.54) is 5.56 Å². The van der Waals surface area contributed by atoms with Crippen molar-refractivity contribution in [2.45, 2.75) is 19.6 Å². The van der Waals surface area contributed by atoms with Gasteiger partial charge in [0, 0.05) is 18.1 Å². The smallest absolute Gasteiger partial charge is 0.0762 e. The molecule has 1 aromatic carbocycles. The zero-order valence-corrected chi connectivity index (χ0v) is 12.8. The molecule has 0 unspecified atom stereocenters. The number of hydrogen-bond donors (Lipinski definition) is 1. The predicted octanol–water partition coefficient (Wildman–Crippen LogP) is 4.20. The molecule has 96 valence electrons. The molecule has 1 N–H and O–H groups in total. The molecule has 0 bridgehead atoms. The number of anilines is 1. The predicted molar refractivity (Wildman–Crippen MR) is 81.2 cm³/mol. The van der Waals surface area contributed by atoms with Crippen molar-refractivity contribution in [3.05, 3.63) is 50.6 Å². The molecule has 4 heteroatoms. The van der Waals surface area contributed by atoms with E-state index in [4.69, 9.17) is 0 Å². The topological polar surface area (TPSA) is 23.5 Å². The first kappa shape index (κ1) is 13.6. The van der Waals surface area contributed by atoms with Gasteiger partial charge in [0.1, 0.15) is 0 Å². The maximum atomic E-state index is 9.55. The van der Waals surface area contributed by atoms with E-state index in [0.29, 0.717) is 0 Å². The van der Waals surface area contributed by atoms with Gasteiger partial charge in [-0.1, -0.05) is 6.07 Å². The minimum absolute atomic E-state index is 0.433. The molecule has 0 amide bonds. The molecule has 1 heterocycles. The van der Waals surface area contributed by atoms with E-state index in [1.54, 1.807) is 18.3 Å². The highest BCUT2D eigenvalue weighted by Gasteiger charge is 2.09. The zero-order chi connectivity index (χ0) is 13.1. The summed E-state index contributed by atoms with van der Waals surface area (Å²) in [5, 5.41) is 13.8. The largest absolute Gasteiger partial charge is 0.389 e. The molecule has 0 aliphatic rings. The van der Waals surface area contributed by atoms with Crippen molar-refractivity contribution in [2.24, 2.45) is 0 Å². The van der Waals surface area contributed by atoms with Gasteiger partial charge in [-0.15, -0.1) is 0 Å². The van der Waals surface area contributed by atoms with Crippen LogP contribution < -0.4 is 4.90 Å². The molecule has 0 saturated heterocycles. The number of rotatable bonds is 4. The van der Waals surface area contributed by atoms with Crippen LogP contribution in [0.3, 0.4) is 0 Å². The van der Waals surface area contributed by atoms with E-state index in [9.17, 15) is 5.11 Å². The Balaban J connectivity index is 2.17. The maximum Gasteiger partial charge on any atom is 0.0762 e. The Morgan fingerprint density at radius 1 is 1.39 bits per heavy atom. The Kier molecular flexibility index (Phi) is 4.43. The molecule has 0 aliphatic carbocycles. The summed E-state index contributed by atoms with van der Waals surface area (Å²) < 4.78 is 1.01. The van der Waals surface area contributed by atoms with Gasteiger partial charge in [0.15, 0.2) is 0 Å². The lowest BCUT2D eigenvalue weighted by Crippen LogP contribution is -2.16. The summed E-state index contributed by atoms with van der Waals surface area (Å²) in [6.07, 6.45) is -0.433. The quantitative estimate of drug-likeness (QED) is 0.910. The van der Waals surface area contributed by atoms with Gasteiger partial charge in [-0.3, -0.25) is 0 Å². The molecule has 0 saturated carbocycles. The summed E-state index contributed by atoms with van der Waals surface area (Å²) >= 11 is 5.29. The molecule has 0 fully saturated rings. The second kappa shape index (κ2) is 5.87. The van der Waals surface area contributed by atoms with Gasteiger partial charge in [-0.25, -0.2) is 0 Å². The van der Waals surface area contributed by atoms with Crippen molar-refractivity contribution >= 4 is 33.0 Å². The molecule has 0 aliphatic heterocycles. The van der Waals surface area contributed by atoms with E-state index in [1.807, 2.05) is 18.2 Å². The fraction of sp³-hybridized carbons (Fsp3) is 0.286. The average Bonchev–Trinajstić information content (AvgIpc) is 2.81. The molecular formula is C14H16BrNOS. The van der Waals surface area contributed by atoms with Gasteiger partial charge >= 0.3 is 0 Å². The fourth-order valence-corrected chi connectivity index (χ4v) is 3.19. The summed E-state index contributed by atoms with van der Waals surface area (Å²) in [4.78, 5) is 2.19. The number of thiophene rings is 1. The lowest BCUT2D eigenvalue weighted by atomic mass is 10.1. The van der Waals surface area contributed by atoms with E-state index in [-0.39, 0.29) is 0 Å². The van der Waals surface area contributed by atoms with Crippen molar-refractivity contribution in [1.29, 1.82) is 0 Å². The van der Waals surface area contributed by atoms with Crippen LogP contribution in [0.2, 0.25) is 0 Å². The molecule has 18 heavy (non-hydrogen) atoms. The Labute approximate surface area is 120 Å². The highest BCUT2D eigenvalue weighted by molar-refractivity contribution is 9.10. The Bertz CT molecular complexity index is 511. The SMILES string of the molecule is C[C@H](O)c1ccc(N(C)Cc2ccsc2)c(Br)c1. The highest BCUT2D eigenvalue weighted by Crippen LogP contribution is 2.29. The van der Waals surface area contributed by atoms with Crippen LogP contribution in [0.5, 0.6) is 0 Å². The first-order valence-corrected chi connectivity index (χ1v) is 7.51. The summed E-state index contributed by atoms with van der Waals surface area (Å²) in [5.41, 5.74) is 3.37. The van der Waals surface area contributed by atoms with E-state index >= 15 is 0 Å². The molecular weight excluding hydrogens is 310 g/mol. The minimum Gasteiger partial charge on any atom is -0.389 e. The monoisotopic (exact) mass is 325 g/mol. The minimum atomic E-state index is -0.433. The second-order valence-corrected chi connectivity index (χ2v) is 6.01. The van der Waals surface area contributed by atoms with Gasteiger partial charge in [-0.2, -0.15) is 11.3 Å². The molecule has 2 nitrogen and oxygen atoms in total. The highest BCUT2D eigenvalue weighted by atomic mass is 79.9. The Hall–Kier alpha value is -0.840. The first-order valence-electron chi connectivity index (χ1n) is 5.77. The van der Waals surface area contributed by atoms with Crippen LogP contribution in [-0.2, 0) is 6.54 Å². The van der Waals surface area contributed by atoms with Crippen LogP contribution in [0.25, 0.3) is 0 Å². The van der Waals surface area contributed by atoms with E-state index in [0.717, 1.165) is 22.3 Å². The molecule has 0 spiro atoms. The molecule has 2 aromatic rings. The third-order valence-electron chi connectivity index (χ3n) is 2.87. The molecule has 1 atom stereocenters. The average molecular weight is 326 g/mol. The summed E-state index contributed by atoms with van der Waals surface area (Å²) in [6, 6.07) is 8.12. The van der Waals surface area contributed by atoms with Crippen molar-refractivity contribution in [1.82, 2.24) is 0 Å². The summed E-state index contributed by atoms with van der Waals surface area (Å²) in [6.45, 7) is 2.66. The number of nitrogens with zero attached hydrogens (tertiary/aromatic N) is 1. The third kappa shape index (κ3) is 3.13. The molecule has 1 aromatic heterocycles. The zero-order valence-electron chi connectivity index (χ0n) is 10.4. The van der Waals surface area contributed by atoms with Crippen LogP contribution in [0, 0.1) is 0 Å². The number of aliphatic hydroxyl groups is 1.